The van der Waals surface area contributed by atoms with Crippen LogP contribution in [-0.2, 0) is 17.6 Å². The van der Waals surface area contributed by atoms with Crippen LogP contribution in [0.15, 0.2) is 24.3 Å². The van der Waals surface area contributed by atoms with Gasteiger partial charge in [0.25, 0.3) is 0 Å². The van der Waals surface area contributed by atoms with Crippen molar-refractivity contribution in [2.45, 2.75) is 44.4 Å². The number of alkyl halides is 2. The molecule has 2 aliphatic carbocycles. The average Bonchev–Trinajstić information content (AvgIpc) is 2.81. The molecule has 19 heavy (non-hydrogen) atoms. The van der Waals surface area contributed by atoms with Gasteiger partial charge in [0.1, 0.15) is 5.78 Å². The van der Waals surface area contributed by atoms with E-state index in [4.69, 9.17) is 0 Å². The van der Waals surface area contributed by atoms with E-state index in [-0.39, 0.29) is 30.5 Å². The lowest BCUT2D eigenvalue weighted by atomic mass is 9.79. The van der Waals surface area contributed by atoms with E-state index in [0.29, 0.717) is 12.8 Å². The SMILES string of the molecule is O=C(C1CCC(F)(F)CC1)C1Cc2ccccc2C1. The number of benzene rings is 1. The molecule has 2 aliphatic rings. The van der Waals surface area contributed by atoms with Gasteiger partial charge < -0.3 is 0 Å². The third-order valence-corrected chi connectivity index (χ3v) is 4.57. The molecule has 0 atom stereocenters. The number of hydrogen-bond acceptors (Lipinski definition) is 1. The molecule has 3 heteroatoms. The van der Waals surface area contributed by atoms with Crippen LogP contribution in [0.4, 0.5) is 8.78 Å². The molecule has 102 valence electrons. The number of carbonyl (C=O) groups excluding carboxylic acids is 1. The molecule has 1 saturated carbocycles. The van der Waals surface area contributed by atoms with Crippen LogP contribution in [0.3, 0.4) is 0 Å². The number of rotatable bonds is 2. The molecular formula is C16H18F2O. The van der Waals surface area contributed by atoms with Gasteiger partial charge in [-0.3, -0.25) is 4.79 Å². The summed E-state index contributed by atoms with van der Waals surface area (Å²) in [4.78, 5) is 12.4. The number of halogens is 2. The quantitative estimate of drug-likeness (QED) is 0.794. The van der Waals surface area contributed by atoms with Gasteiger partial charge in [0.15, 0.2) is 0 Å². The summed E-state index contributed by atoms with van der Waals surface area (Å²) in [5.74, 6) is -2.45. The fourth-order valence-electron chi connectivity index (χ4n) is 3.42. The first kappa shape index (κ1) is 12.8. The summed E-state index contributed by atoms with van der Waals surface area (Å²) in [6.07, 6.45) is 2.06. The van der Waals surface area contributed by atoms with E-state index < -0.39 is 5.92 Å². The predicted octanol–water partition coefficient (Wildman–Crippen LogP) is 3.80. The standard InChI is InChI=1S/C16H18F2O/c17-16(18)7-5-11(6-8-16)15(19)14-9-12-3-1-2-4-13(12)10-14/h1-4,11,14H,5-10H2. The fourth-order valence-corrected chi connectivity index (χ4v) is 3.42. The topological polar surface area (TPSA) is 17.1 Å². The van der Waals surface area contributed by atoms with E-state index in [0.717, 1.165) is 12.8 Å². The van der Waals surface area contributed by atoms with Gasteiger partial charge in [0.2, 0.25) is 5.92 Å². The Labute approximate surface area is 112 Å². The molecular weight excluding hydrogens is 246 g/mol. The van der Waals surface area contributed by atoms with Gasteiger partial charge in [0.05, 0.1) is 0 Å². The monoisotopic (exact) mass is 264 g/mol. The number of ketones is 1. The van der Waals surface area contributed by atoms with Crippen LogP contribution in [-0.4, -0.2) is 11.7 Å². The van der Waals surface area contributed by atoms with E-state index >= 15 is 0 Å². The molecule has 0 N–H and O–H groups in total. The summed E-state index contributed by atoms with van der Waals surface area (Å²) in [6.45, 7) is 0. The second-order valence-corrected chi connectivity index (χ2v) is 5.91. The number of carbonyl (C=O) groups is 1. The summed E-state index contributed by atoms with van der Waals surface area (Å²) in [5.41, 5.74) is 2.50. The van der Waals surface area contributed by atoms with Crippen molar-refractivity contribution in [2.75, 3.05) is 0 Å². The fraction of sp³-hybridized carbons (Fsp3) is 0.562. The predicted molar refractivity (Wildman–Crippen MR) is 69.3 cm³/mol. The van der Waals surface area contributed by atoms with Gasteiger partial charge in [0, 0.05) is 24.7 Å². The van der Waals surface area contributed by atoms with Gasteiger partial charge in [-0.25, -0.2) is 8.78 Å². The minimum Gasteiger partial charge on any atom is -0.299 e. The van der Waals surface area contributed by atoms with Crippen LogP contribution in [0.5, 0.6) is 0 Å². The average molecular weight is 264 g/mol. The molecule has 1 fully saturated rings. The molecule has 0 aromatic heterocycles. The summed E-state index contributed by atoms with van der Waals surface area (Å²) >= 11 is 0. The van der Waals surface area contributed by atoms with Gasteiger partial charge in [-0.05, 0) is 36.8 Å². The molecule has 0 radical (unpaired) electrons. The van der Waals surface area contributed by atoms with E-state index in [9.17, 15) is 13.6 Å². The van der Waals surface area contributed by atoms with Crippen molar-refractivity contribution in [3.8, 4) is 0 Å². The van der Waals surface area contributed by atoms with Crippen LogP contribution < -0.4 is 0 Å². The van der Waals surface area contributed by atoms with Crippen LogP contribution in [0.2, 0.25) is 0 Å². The minimum atomic E-state index is -2.55. The Morgan fingerprint density at radius 3 is 2.05 bits per heavy atom. The maximum atomic E-state index is 13.1. The third-order valence-electron chi connectivity index (χ3n) is 4.57. The smallest absolute Gasteiger partial charge is 0.248 e. The van der Waals surface area contributed by atoms with Crippen molar-refractivity contribution in [1.82, 2.24) is 0 Å². The molecule has 0 saturated heterocycles. The van der Waals surface area contributed by atoms with Crippen molar-refractivity contribution < 1.29 is 13.6 Å². The molecule has 1 nitrogen and oxygen atoms in total. The Morgan fingerprint density at radius 2 is 1.53 bits per heavy atom. The zero-order valence-corrected chi connectivity index (χ0v) is 10.9. The van der Waals surface area contributed by atoms with Crippen LogP contribution in [0.1, 0.15) is 36.8 Å². The Bertz CT molecular complexity index is 460. The highest BCUT2D eigenvalue weighted by molar-refractivity contribution is 5.84. The first-order valence-electron chi connectivity index (χ1n) is 7.03. The third kappa shape index (κ3) is 2.56. The second kappa shape index (κ2) is 4.69. The maximum Gasteiger partial charge on any atom is 0.248 e. The molecule has 0 spiro atoms. The molecule has 1 aromatic rings. The van der Waals surface area contributed by atoms with Gasteiger partial charge in [-0.1, -0.05) is 24.3 Å². The van der Waals surface area contributed by atoms with E-state index in [2.05, 4.69) is 12.1 Å². The zero-order chi connectivity index (χ0) is 13.5. The van der Waals surface area contributed by atoms with Crippen LogP contribution in [0, 0.1) is 11.8 Å². The van der Waals surface area contributed by atoms with E-state index in [1.54, 1.807) is 0 Å². The van der Waals surface area contributed by atoms with Crippen molar-refractivity contribution in [1.29, 1.82) is 0 Å². The zero-order valence-electron chi connectivity index (χ0n) is 10.9. The lowest BCUT2D eigenvalue weighted by Crippen LogP contribution is -2.32. The molecule has 0 bridgehead atoms. The summed E-state index contributed by atoms with van der Waals surface area (Å²) < 4.78 is 26.2. The van der Waals surface area contributed by atoms with Crippen LogP contribution in [0.25, 0.3) is 0 Å². The summed E-state index contributed by atoms with van der Waals surface area (Å²) in [6, 6.07) is 8.12. The van der Waals surface area contributed by atoms with Gasteiger partial charge in [-0.15, -0.1) is 0 Å². The molecule has 3 rings (SSSR count). The summed E-state index contributed by atoms with van der Waals surface area (Å²) in [7, 11) is 0. The Balaban J connectivity index is 1.64. The highest BCUT2D eigenvalue weighted by atomic mass is 19.3. The Kier molecular flexibility index (Phi) is 3.15. The maximum absolute atomic E-state index is 13.1. The highest BCUT2D eigenvalue weighted by Crippen LogP contribution is 2.39. The molecule has 0 heterocycles. The highest BCUT2D eigenvalue weighted by Gasteiger charge is 2.40. The number of fused-ring (bicyclic) bond motifs is 1. The first-order chi connectivity index (χ1) is 9.05. The molecule has 0 amide bonds. The Hall–Kier alpha value is -1.25. The van der Waals surface area contributed by atoms with Crippen molar-refractivity contribution >= 4 is 5.78 Å². The number of Topliss-reactive ketones (excluding diaryl/α,β-unsaturated/α-hetero) is 1. The van der Waals surface area contributed by atoms with E-state index in [1.165, 1.54) is 11.1 Å². The summed E-state index contributed by atoms with van der Waals surface area (Å²) in [5, 5.41) is 0. The van der Waals surface area contributed by atoms with Crippen LogP contribution >= 0.6 is 0 Å². The van der Waals surface area contributed by atoms with Gasteiger partial charge in [-0.2, -0.15) is 0 Å². The van der Waals surface area contributed by atoms with Gasteiger partial charge >= 0.3 is 0 Å². The minimum absolute atomic E-state index is 0.0223. The van der Waals surface area contributed by atoms with Crippen molar-refractivity contribution in [3.05, 3.63) is 35.4 Å². The first-order valence-corrected chi connectivity index (χ1v) is 7.03. The van der Waals surface area contributed by atoms with E-state index in [1.807, 2.05) is 12.1 Å². The Morgan fingerprint density at radius 1 is 1.00 bits per heavy atom. The normalized spacial score (nSPS) is 23.3. The lowest BCUT2D eigenvalue weighted by Gasteiger charge is -2.28. The molecule has 0 unspecified atom stereocenters. The number of hydrogen-bond donors (Lipinski definition) is 0. The lowest BCUT2D eigenvalue weighted by molar-refractivity contribution is -0.130. The molecule has 0 aliphatic heterocycles. The van der Waals surface area contributed by atoms with Crippen molar-refractivity contribution in [2.24, 2.45) is 11.8 Å². The second-order valence-electron chi connectivity index (χ2n) is 5.91. The molecule has 1 aromatic carbocycles. The largest absolute Gasteiger partial charge is 0.299 e. The van der Waals surface area contributed by atoms with Crippen molar-refractivity contribution in [3.63, 3.8) is 0 Å².